The van der Waals surface area contributed by atoms with Crippen LogP contribution in [-0.2, 0) is 0 Å². The summed E-state index contributed by atoms with van der Waals surface area (Å²) in [6.45, 7) is 4.33. The first-order valence-corrected chi connectivity index (χ1v) is 1.73. The quantitative estimate of drug-likeness (QED) is 0.476. The van der Waals surface area contributed by atoms with Gasteiger partial charge in [-0.05, 0) is 0 Å². The molecule has 0 heterocycles. The molecule has 0 saturated carbocycles. The molecule has 0 aliphatic heterocycles. The van der Waals surface area contributed by atoms with E-state index in [2.05, 4.69) is 31.6 Å². The van der Waals surface area contributed by atoms with Crippen LogP contribution in [0.1, 0.15) is 13.8 Å². The summed E-state index contributed by atoms with van der Waals surface area (Å²) in [6.07, 6.45) is 0. The van der Waals surface area contributed by atoms with Crippen molar-refractivity contribution in [3.63, 3.8) is 0 Å². The predicted molar refractivity (Wildman–Crippen MR) is 26.6 cm³/mol. The maximum atomic E-state index is 2.17. The molecule has 0 atom stereocenters. The van der Waals surface area contributed by atoms with Crippen LogP contribution in [0.3, 0.4) is 0 Å². The molecule has 0 bridgehead atoms. The smallest absolute Gasteiger partial charge is 0 e. The standard InChI is InChI=1S/C3H7.Li.Te/c1-3-2;;/h3H,1-2H3;;. The average molecular weight is 178 g/mol. The molecule has 0 aromatic carbocycles. The molecule has 0 aliphatic carbocycles. The maximum absolute atomic E-state index is 2.17. The van der Waals surface area contributed by atoms with Gasteiger partial charge in [0.2, 0.25) is 0 Å². The SMILES string of the molecule is [Li][CH](C)C.[Te]. The fourth-order valence-corrected chi connectivity index (χ4v) is 0. The molecular weight excluding hydrogens is 171 g/mol. The molecular formula is C3H7LiTe. The Hall–Kier alpha value is 1.39. The summed E-state index contributed by atoms with van der Waals surface area (Å²) < 4.78 is 0.833. The zero-order valence-corrected chi connectivity index (χ0v) is 6.32. The van der Waals surface area contributed by atoms with Crippen molar-refractivity contribution in [1.82, 2.24) is 0 Å². The van der Waals surface area contributed by atoms with Crippen molar-refractivity contribution in [2.75, 3.05) is 0 Å². The van der Waals surface area contributed by atoms with Crippen molar-refractivity contribution in [2.24, 2.45) is 0 Å². The minimum Gasteiger partial charge on any atom is 0 e. The van der Waals surface area contributed by atoms with Crippen LogP contribution in [0.5, 0.6) is 0 Å². The van der Waals surface area contributed by atoms with E-state index < -0.39 is 0 Å². The van der Waals surface area contributed by atoms with Crippen LogP contribution >= 0.6 is 0 Å². The Morgan fingerprint density at radius 1 is 1.40 bits per heavy atom. The molecule has 0 aliphatic rings. The summed E-state index contributed by atoms with van der Waals surface area (Å²) >= 11 is 2.17. The molecule has 0 amide bonds. The molecule has 0 unspecified atom stereocenters. The predicted octanol–water partition coefficient (Wildman–Crippen LogP) is 0.602. The van der Waals surface area contributed by atoms with Crippen LogP contribution < -0.4 is 0 Å². The van der Waals surface area contributed by atoms with E-state index >= 15 is 0 Å². The second kappa shape index (κ2) is 5.39. The minimum absolute atomic E-state index is 0. The van der Waals surface area contributed by atoms with E-state index in [0.717, 1.165) is 4.59 Å². The molecule has 0 spiro atoms. The van der Waals surface area contributed by atoms with E-state index in [9.17, 15) is 0 Å². The molecule has 0 fully saturated rings. The zero-order valence-electron chi connectivity index (χ0n) is 3.99. The molecule has 2 heteroatoms. The molecule has 2 radical (unpaired) electrons. The van der Waals surface area contributed by atoms with Crippen molar-refractivity contribution in [3.05, 3.63) is 0 Å². The summed E-state index contributed by atoms with van der Waals surface area (Å²) in [5.74, 6) is 0. The largest absolute Gasteiger partial charge is 0 e. The van der Waals surface area contributed by atoms with Crippen LogP contribution in [0.25, 0.3) is 0 Å². The Balaban J connectivity index is 0. The number of hydrogen-bond donors (Lipinski definition) is 0. The van der Waals surface area contributed by atoms with Crippen LogP contribution in [0.4, 0.5) is 0 Å². The summed E-state index contributed by atoms with van der Waals surface area (Å²) in [5.41, 5.74) is 0. The van der Waals surface area contributed by atoms with Crippen molar-refractivity contribution < 1.29 is 0 Å². The fourth-order valence-electron chi connectivity index (χ4n) is 0. The van der Waals surface area contributed by atoms with E-state index in [4.69, 9.17) is 0 Å². The molecule has 5 heavy (non-hydrogen) atoms. The maximum Gasteiger partial charge on any atom is 0 e. The molecule has 26 valence electrons. The Kier molecular flexibility index (Phi) is 10.4. The van der Waals surface area contributed by atoms with Gasteiger partial charge < -0.3 is 0 Å². The number of rotatable bonds is 0. The van der Waals surface area contributed by atoms with Gasteiger partial charge in [-0.25, -0.2) is 0 Å². The van der Waals surface area contributed by atoms with Gasteiger partial charge in [-0.1, -0.05) is 0 Å². The Bertz CT molecular complexity index is 11.6. The normalized spacial score (nSPS) is 7.40. The minimum atomic E-state index is 0. The monoisotopic (exact) mass is 180 g/mol. The van der Waals surface area contributed by atoms with Crippen LogP contribution in [0, 0.1) is 0 Å². The third kappa shape index (κ3) is 32.1. The van der Waals surface area contributed by atoms with Gasteiger partial charge in [-0.2, -0.15) is 0 Å². The van der Waals surface area contributed by atoms with Crippen LogP contribution in [-0.4, -0.2) is 41.4 Å². The van der Waals surface area contributed by atoms with Gasteiger partial charge in [0.1, 0.15) is 0 Å². The van der Waals surface area contributed by atoms with Gasteiger partial charge in [0.05, 0.1) is 0 Å². The molecule has 0 aromatic heterocycles. The third-order valence-corrected chi connectivity index (χ3v) is 0. The molecule has 0 aromatic rings. The van der Waals surface area contributed by atoms with Gasteiger partial charge in [0, 0.05) is 23.7 Å². The van der Waals surface area contributed by atoms with Crippen molar-refractivity contribution in [1.29, 1.82) is 0 Å². The topological polar surface area (TPSA) is 0 Å². The molecule has 0 rings (SSSR count). The van der Waals surface area contributed by atoms with E-state index in [1.165, 1.54) is 0 Å². The molecule has 0 saturated heterocycles. The van der Waals surface area contributed by atoms with Gasteiger partial charge >= 0.3 is 36.2 Å². The first-order chi connectivity index (χ1) is 1.73. The van der Waals surface area contributed by atoms with E-state index in [1.807, 2.05) is 0 Å². The van der Waals surface area contributed by atoms with Crippen LogP contribution in [0.2, 0.25) is 4.59 Å². The van der Waals surface area contributed by atoms with Crippen molar-refractivity contribution >= 4 is 41.4 Å². The molecule has 0 nitrogen and oxygen atoms in total. The second-order valence-electron chi connectivity index (χ2n) is 1.73. The first kappa shape index (κ1) is 9.63. The Morgan fingerprint density at radius 2 is 1.40 bits per heavy atom. The Labute approximate surface area is 59.6 Å². The summed E-state index contributed by atoms with van der Waals surface area (Å²) in [4.78, 5) is 0. The van der Waals surface area contributed by atoms with Crippen LogP contribution in [0.15, 0.2) is 0 Å². The average Bonchev–Trinajstić information content (AvgIpc) is 0.811. The Morgan fingerprint density at radius 3 is 1.40 bits per heavy atom. The van der Waals surface area contributed by atoms with Crippen molar-refractivity contribution in [2.45, 2.75) is 18.4 Å². The second-order valence-corrected chi connectivity index (χ2v) is 1.73. The molecule has 0 N–H and O–H groups in total. The van der Waals surface area contributed by atoms with Gasteiger partial charge in [0.25, 0.3) is 0 Å². The van der Waals surface area contributed by atoms with Gasteiger partial charge in [0.15, 0.2) is 0 Å². The van der Waals surface area contributed by atoms with Gasteiger partial charge in [-0.15, -0.1) is 0 Å². The van der Waals surface area contributed by atoms with E-state index in [0.29, 0.717) is 0 Å². The number of hydrogen-bond acceptors (Lipinski definition) is 0. The fraction of sp³-hybridized carbons (Fsp3) is 1.00. The summed E-state index contributed by atoms with van der Waals surface area (Å²) in [7, 11) is 0. The zero-order chi connectivity index (χ0) is 3.58. The van der Waals surface area contributed by atoms with E-state index in [-0.39, 0.29) is 23.7 Å². The third-order valence-electron chi connectivity index (χ3n) is 0. The first-order valence-electron chi connectivity index (χ1n) is 1.73. The van der Waals surface area contributed by atoms with E-state index in [1.54, 1.807) is 0 Å². The summed E-state index contributed by atoms with van der Waals surface area (Å²) in [5, 5.41) is 0. The van der Waals surface area contributed by atoms with Gasteiger partial charge in [-0.3, -0.25) is 0 Å². The summed E-state index contributed by atoms with van der Waals surface area (Å²) in [6, 6.07) is 0. The van der Waals surface area contributed by atoms with Crippen molar-refractivity contribution in [3.8, 4) is 0 Å².